The Hall–Kier alpha value is -1.91. The quantitative estimate of drug-likeness (QED) is 0.908. The number of nitrogens with zero attached hydrogens (tertiary/aromatic N) is 1. The summed E-state index contributed by atoms with van der Waals surface area (Å²) in [6.07, 6.45) is 3.25. The normalized spacial score (nSPS) is 15.2. The largest absolute Gasteiger partial charge is 0.502 e. The fraction of sp³-hybridized carbons (Fsp3) is 0.500. The van der Waals surface area contributed by atoms with Crippen LogP contribution in [-0.4, -0.2) is 43.2 Å². The topological polar surface area (TPSA) is 59.0 Å². The van der Waals surface area contributed by atoms with Crippen molar-refractivity contribution >= 4 is 5.91 Å². The Morgan fingerprint density at radius 1 is 1.11 bits per heavy atom. The molecule has 1 amide bonds. The summed E-state index contributed by atoms with van der Waals surface area (Å²) >= 11 is 0. The Bertz CT molecular complexity index is 442. The van der Waals surface area contributed by atoms with Crippen LogP contribution in [0.5, 0.6) is 17.2 Å². The minimum atomic E-state index is -0.0832. The molecular weight excluding hydrogens is 246 g/mol. The molecule has 0 atom stereocenters. The van der Waals surface area contributed by atoms with Gasteiger partial charge in [-0.1, -0.05) is 0 Å². The van der Waals surface area contributed by atoms with Gasteiger partial charge in [0.05, 0.1) is 14.2 Å². The number of benzene rings is 1. The fourth-order valence-corrected chi connectivity index (χ4v) is 2.30. The lowest BCUT2D eigenvalue weighted by atomic mass is 10.1. The predicted molar refractivity (Wildman–Crippen MR) is 71.0 cm³/mol. The lowest BCUT2D eigenvalue weighted by Gasteiger charge is -2.27. The number of carbonyl (C=O) groups excluding carboxylic acids is 1. The van der Waals surface area contributed by atoms with Crippen LogP contribution in [0.4, 0.5) is 0 Å². The molecule has 0 aromatic heterocycles. The van der Waals surface area contributed by atoms with Gasteiger partial charge in [-0.2, -0.15) is 0 Å². The van der Waals surface area contributed by atoms with E-state index in [0.29, 0.717) is 5.56 Å². The van der Waals surface area contributed by atoms with Gasteiger partial charge >= 0.3 is 0 Å². The molecule has 104 valence electrons. The molecule has 0 spiro atoms. The van der Waals surface area contributed by atoms with E-state index >= 15 is 0 Å². The van der Waals surface area contributed by atoms with E-state index in [0.717, 1.165) is 25.9 Å². The first kappa shape index (κ1) is 13.5. The molecule has 1 aromatic carbocycles. The Morgan fingerprint density at radius 3 is 2.11 bits per heavy atom. The van der Waals surface area contributed by atoms with Gasteiger partial charge in [0.25, 0.3) is 5.91 Å². The Kier molecular flexibility index (Phi) is 4.14. The maximum Gasteiger partial charge on any atom is 0.254 e. The van der Waals surface area contributed by atoms with E-state index in [4.69, 9.17) is 9.47 Å². The maximum atomic E-state index is 12.4. The van der Waals surface area contributed by atoms with Crippen LogP contribution in [-0.2, 0) is 0 Å². The summed E-state index contributed by atoms with van der Waals surface area (Å²) in [6.45, 7) is 1.56. The van der Waals surface area contributed by atoms with Crippen LogP contribution in [0.25, 0.3) is 0 Å². The van der Waals surface area contributed by atoms with Gasteiger partial charge in [-0.05, 0) is 31.4 Å². The molecule has 1 aliphatic heterocycles. The van der Waals surface area contributed by atoms with E-state index < -0.39 is 0 Å². The van der Waals surface area contributed by atoms with Crippen LogP contribution in [0, 0.1) is 0 Å². The van der Waals surface area contributed by atoms with Gasteiger partial charge in [0, 0.05) is 18.7 Å². The van der Waals surface area contributed by atoms with Crippen LogP contribution in [0.15, 0.2) is 12.1 Å². The van der Waals surface area contributed by atoms with Gasteiger partial charge in [-0.3, -0.25) is 4.79 Å². The van der Waals surface area contributed by atoms with Crippen molar-refractivity contribution in [2.75, 3.05) is 27.3 Å². The fourth-order valence-electron chi connectivity index (χ4n) is 2.30. The molecule has 1 fully saturated rings. The lowest BCUT2D eigenvalue weighted by Crippen LogP contribution is -2.35. The summed E-state index contributed by atoms with van der Waals surface area (Å²) in [5.41, 5.74) is 0.480. The van der Waals surface area contributed by atoms with Gasteiger partial charge in [-0.25, -0.2) is 0 Å². The third kappa shape index (κ3) is 2.75. The van der Waals surface area contributed by atoms with E-state index in [1.165, 1.54) is 20.6 Å². The van der Waals surface area contributed by atoms with Crippen molar-refractivity contribution in [1.29, 1.82) is 0 Å². The lowest BCUT2D eigenvalue weighted by molar-refractivity contribution is 0.0723. The zero-order valence-corrected chi connectivity index (χ0v) is 11.3. The molecule has 1 saturated heterocycles. The van der Waals surface area contributed by atoms with E-state index in [1.807, 2.05) is 4.90 Å². The number of hydrogen-bond donors (Lipinski definition) is 1. The zero-order chi connectivity index (χ0) is 13.8. The number of likely N-dealkylation sites (tertiary alicyclic amines) is 1. The number of piperidine rings is 1. The number of hydrogen-bond acceptors (Lipinski definition) is 4. The number of rotatable bonds is 3. The molecule has 1 aliphatic rings. The zero-order valence-electron chi connectivity index (χ0n) is 11.3. The smallest absolute Gasteiger partial charge is 0.254 e. The molecule has 0 unspecified atom stereocenters. The molecule has 5 heteroatoms. The first-order valence-electron chi connectivity index (χ1n) is 6.41. The molecule has 1 aromatic rings. The van der Waals surface area contributed by atoms with E-state index in [2.05, 4.69) is 0 Å². The van der Waals surface area contributed by atoms with Crippen LogP contribution in [0.1, 0.15) is 29.6 Å². The molecular formula is C14H19NO4. The Labute approximate surface area is 112 Å². The predicted octanol–water partition coefficient (Wildman–Crippen LogP) is 2.04. The van der Waals surface area contributed by atoms with Crippen molar-refractivity contribution in [1.82, 2.24) is 4.90 Å². The van der Waals surface area contributed by atoms with Crippen molar-refractivity contribution in [3.63, 3.8) is 0 Å². The average molecular weight is 265 g/mol. The monoisotopic (exact) mass is 265 g/mol. The number of amides is 1. The SMILES string of the molecule is COc1cc(C(=O)N2CCCCC2)cc(OC)c1O. The summed E-state index contributed by atoms with van der Waals surface area (Å²) < 4.78 is 10.1. The number of phenols is 1. The second kappa shape index (κ2) is 5.82. The van der Waals surface area contributed by atoms with Gasteiger partial charge in [0.1, 0.15) is 0 Å². The van der Waals surface area contributed by atoms with E-state index in [-0.39, 0.29) is 23.2 Å². The summed E-state index contributed by atoms with van der Waals surface area (Å²) in [7, 11) is 2.90. The minimum absolute atomic E-state index is 0.0451. The van der Waals surface area contributed by atoms with Gasteiger partial charge < -0.3 is 19.5 Å². The summed E-state index contributed by atoms with van der Waals surface area (Å²) in [5.74, 6) is 0.371. The van der Waals surface area contributed by atoms with Gasteiger partial charge in [-0.15, -0.1) is 0 Å². The second-order valence-electron chi connectivity index (χ2n) is 4.58. The molecule has 0 saturated carbocycles. The molecule has 19 heavy (non-hydrogen) atoms. The molecule has 0 bridgehead atoms. The molecule has 0 aliphatic carbocycles. The van der Waals surface area contributed by atoms with Crippen LogP contribution in [0.3, 0.4) is 0 Å². The van der Waals surface area contributed by atoms with Crippen LogP contribution < -0.4 is 9.47 Å². The maximum absolute atomic E-state index is 12.4. The Morgan fingerprint density at radius 2 is 1.63 bits per heavy atom. The summed E-state index contributed by atoms with van der Waals surface area (Å²) in [4.78, 5) is 14.2. The minimum Gasteiger partial charge on any atom is -0.502 e. The second-order valence-corrected chi connectivity index (χ2v) is 4.58. The number of ether oxygens (including phenoxy) is 2. The highest BCUT2D eigenvalue weighted by Gasteiger charge is 2.21. The Balaban J connectivity index is 2.30. The first-order valence-corrected chi connectivity index (χ1v) is 6.41. The number of carbonyl (C=O) groups is 1. The van der Waals surface area contributed by atoms with Gasteiger partial charge in [0.2, 0.25) is 5.75 Å². The first-order chi connectivity index (χ1) is 9.17. The standard InChI is InChI=1S/C14H19NO4/c1-18-11-8-10(9-12(19-2)13(11)16)14(17)15-6-4-3-5-7-15/h8-9,16H,3-7H2,1-2H3. The summed E-state index contributed by atoms with van der Waals surface area (Å²) in [6, 6.07) is 3.10. The van der Waals surface area contributed by atoms with E-state index in [1.54, 1.807) is 12.1 Å². The summed E-state index contributed by atoms with van der Waals surface area (Å²) in [5, 5.41) is 9.83. The highest BCUT2D eigenvalue weighted by Crippen LogP contribution is 2.37. The van der Waals surface area contributed by atoms with Crippen molar-refractivity contribution in [3.05, 3.63) is 17.7 Å². The molecule has 1 N–H and O–H groups in total. The molecule has 2 rings (SSSR count). The average Bonchev–Trinajstić information content (AvgIpc) is 2.47. The van der Waals surface area contributed by atoms with Crippen molar-refractivity contribution in [3.8, 4) is 17.2 Å². The third-order valence-electron chi connectivity index (χ3n) is 3.37. The third-order valence-corrected chi connectivity index (χ3v) is 3.37. The molecule has 5 nitrogen and oxygen atoms in total. The number of aromatic hydroxyl groups is 1. The molecule has 1 heterocycles. The van der Waals surface area contributed by atoms with Gasteiger partial charge in [0.15, 0.2) is 11.5 Å². The molecule has 0 radical (unpaired) electrons. The highest BCUT2D eigenvalue weighted by molar-refractivity contribution is 5.95. The van der Waals surface area contributed by atoms with Crippen molar-refractivity contribution < 1.29 is 19.4 Å². The van der Waals surface area contributed by atoms with Crippen molar-refractivity contribution in [2.24, 2.45) is 0 Å². The number of phenolic OH excluding ortho intramolecular Hbond substituents is 1. The van der Waals surface area contributed by atoms with Crippen molar-refractivity contribution in [2.45, 2.75) is 19.3 Å². The van der Waals surface area contributed by atoms with Crippen LogP contribution >= 0.6 is 0 Å². The highest BCUT2D eigenvalue weighted by atomic mass is 16.5. The van der Waals surface area contributed by atoms with E-state index in [9.17, 15) is 9.90 Å². The van der Waals surface area contributed by atoms with Crippen LogP contribution in [0.2, 0.25) is 0 Å². The number of methoxy groups -OCH3 is 2.